The average Bonchev–Trinajstić information content (AvgIpc) is 3.27. The van der Waals surface area contributed by atoms with Gasteiger partial charge in [0.2, 0.25) is 11.7 Å². The first kappa shape index (κ1) is 18.9. The van der Waals surface area contributed by atoms with Crippen LogP contribution in [0, 0.1) is 13.8 Å². The number of rotatable bonds is 7. The molecule has 1 fully saturated rings. The number of nitrogens with zero attached hydrogens (tertiary/aromatic N) is 5. The highest BCUT2D eigenvalue weighted by Gasteiger charge is 2.31. The molecule has 1 saturated carbocycles. The molecule has 10 nitrogen and oxygen atoms in total. The van der Waals surface area contributed by atoms with Crippen molar-refractivity contribution in [3.8, 4) is 11.6 Å². The molecule has 0 aliphatic heterocycles. The lowest BCUT2D eigenvalue weighted by Crippen LogP contribution is -2.36. The minimum atomic E-state index is -0.335. The van der Waals surface area contributed by atoms with Gasteiger partial charge in [0, 0.05) is 23.8 Å². The van der Waals surface area contributed by atoms with Crippen molar-refractivity contribution in [2.75, 3.05) is 6.54 Å². The SMILES string of the molecule is Cc1ncn(CC(=O)NCCn2nc(-c3ccco3)n(C3CC3)c2=O)c(=O)c1C. The summed E-state index contributed by atoms with van der Waals surface area (Å²) < 4.78 is 9.65. The van der Waals surface area contributed by atoms with Crippen molar-refractivity contribution in [2.45, 2.75) is 45.8 Å². The van der Waals surface area contributed by atoms with Crippen LogP contribution in [-0.4, -0.2) is 36.4 Å². The van der Waals surface area contributed by atoms with E-state index in [4.69, 9.17) is 4.42 Å². The molecule has 29 heavy (non-hydrogen) atoms. The van der Waals surface area contributed by atoms with Crippen LogP contribution in [0.25, 0.3) is 11.6 Å². The van der Waals surface area contributed by atoms with E-state index in [1.807, 2.05) is 0 Å². The molecule has 1 amide bonds. The Morgan fingerprint density at radius 1 is 1.31 bits per heavy atom. The Hall–Kier alpha value is -3.43. The number of hydrogen-bond acceptors (Lipinski definition) is 6. The lowest BCUT2D eigenvalue weighted by molar-refractivity contribution is -0.121. The lowest BCUT2D eigenvalue weighted by atomic mass is 10.3. The first-order valence-corrected chi connectivity index (χ1v) is 9.48. The Morgan fingerprint density at radius 2 is 2.10 bits per heavy atom. The van der Waals surface area contributed by atoms with Crippen molar-refractivity contribution >= 4 is 5.91 Å². The van der Waals surface area contributed by atoms with E-state index in [0.29, 0.717) is 22.8 Å². The zero-order chi connectivity index (χ0) is 20.5. The van der Waals surface area contributed by atoms with Gasteiger partial charge < -0.3 is 9.73 Å². The van der Waals surface area contributed by atoms with Crippen LogP contribution in [0.3, 0.4) is 0 Å². The first-order valence-electron chi connectivity index (χ1n) is 9.48. The van der Waals surface area contributed by atoms with Crippen molar-refractivity contribution in [2.24, 2.45) is 0 Å². The Kier molecular flexibility index (Phi) is 4.91. The molecule has 152 valence electrons. The van der Waals surface area contributed by atoms with Crippen LogP contribution >= 0.6 is 0 Å². The van der Waals surface area contributed by atoms with Gasteiger partial charge in [-0.1, -0.05) is 0 Å². The van der Waals surface area contributed by atoms with Crippen molar-refractivity contribution in [1.82, 2.24) is 29.2 Å². The summed E-state index contributed by atoms with van der Waals surface area (Å²) in [6.45, 7) is 3.73. The van der Waals surface area contributed by atoms with Gasteiger partial charge in [0.1, 0.15) is 6.54 Å². The van der Waals surface area contributed by atoms with Crippen molar-refractivity contribution in [3.63, 3.8) is 0 Å². The summed E-state index contributed by atoms with van der Waals surface area (Å²) in [6.07, 6.45) is 4.78. The number of hydrogen-bond donors (Lipinski definition) is 1. The van der Waals surface area contributed by atoms with E-state index >= 15 is 0 Å². The Labute approximate surface area is 165 Å². The van der Waals surface area contributed by atoms with Crippen LogP contribution in [0.2, 0.25) is 0 Å². The highest BCUT2D eigenvalue weighted by molar-refractivity contribution is 5.75. The quantitative estimate of drug-likeness (QED) is 0.624. The summed E-state index contributed by atoms with van der Waals surface area (Å²) >= 11 is 0. The van der Waals surface area contributed by atoms with Crippen LogP contribution in [0.15, 0.2) is 38.7 Å². The molecule has 0 radical (unpaired) electrons. The molecule has 0 aromatic carbocycles. The molecule has 0 saturated heterocycles. The van der Waals surface area contributed by atoms with E-state index in [0.717, 1.165) is 12.8 Å². The largest absolute Gasteiger partial charge is 0.461 e. The Balaban J connectivity index is 1.42. The number of aromatic nitrogens is 5. The highest BCUT2D eigenvalue weighted by atomic mass is 16.3. The van der Waals surface area contributed by atoms with E-state index < -0.39 is 0 Å². The number of amides is 1. The normalized spacial score (nSPS) is 13.6. The molecule has 0 spiro atoms. The minimum Gasteiger partial charge on any atom is -0.461 e. The molecule has 3 aromatic heterocycles. The predicted octanol–water partition coefficient (Wildman–Crippen LogP) is 0.630. The van der Waals surface area contributed by atoms with Crippen LogP contribution in [-0.2, 0) is 17.9 Å². The van der Waals surface area contributed by atoms with E-state index in [1.165, 1.54) is 15.6 Å². The van der Waals surface area contributed by atoms with E-state index in [1.54, 1.807) is 36.8 Å². The minimum absolute atomic E-state index is 0.129. The van der Waals surface area contributed by atoms with Gasteiger partial charge in [-0.05, 0) is 38.8 Å². The maximum absolute atomic E-state index is 12.7. The molecule has 1 aliphatic rings. The van der Waals surface area contributed by atoms with Crippen LogP contribution in [0.1, 0.15) is 30.1 Å². The number of aryl methyl sites for hydroxylation is 1. The van der Waals surface area contributed by atoms with Crippen LogP contribution < -0.4 is 16.6 Å². The standard InChI is InChI=1S/C19H22N6O4/c1-12-13(2)21-11-23(18(12)27)10-16(26)20-7-8-24-19(28)25(14-5-6-14)17(22-24)15-4-3-9-29-15/h3-4,9,11,14H,5-8,10H2,1-2H3,(H,20,26). The van der Waals surface area contributed by atoms with Crippen LogP contribution in [0.5, 0.6) is 0 Å². The molecule has 0 unspecified atom stereocenters. The smallest absolute Gasteiger partial charge is 0.346 e. The predicted molar refractivity (Wildman–Crippen MR) is 103 cm³/mol. The lowest BCUT2D eigenvalue weighted by Gasteiger charge is -2.08. The van der Waals surface area contributed by atoms with Gasteiger partial charge >= 0.3 is 5.69 Å². The molecule has 1 aliphatic carbocycles. The maximum atomic E-state index is 12.7. The van der Waals surface area contributed by atoms with Gasteiger partial charge in [0.15, 0.2) is 5.76 Å². The van der Waals surface area contributed by atoms with E-state index in [9.17, 15) is 14.4 Å². The molecular weight excluding hydrogens is 376 g/mol. The maximum Gasteiger partial charge on any atom is 0.346 e. The van der Waals surface area contributed by atoms with Crippen molar-refractivity contribution in [1.29, 1.82) is 0 Å². The van der Waals surface area contributed by atoms with Gasteiger partial charge in [-0.2, -0.15) is 0 Å². The summed E-state index contributed by atoms with van der Waals surface area (Å²) in [5, 5.41) is 7.10. The second kappa shape index (κ2) is 7.53. The third kappa shape index (κ3) is 3.78. The van der Waals surface area contributed by atoms with Gasteiger partial charge in [0.25, 0.3) is 5.56 Å². The van der Waals surface area contributed by atoms with Crippen molar-refractivity contribution < 1.29 is 9.21 Å². The molecule has 4 rings (SSSR count). The van der Waals surface area contributed by atoms with Gasteiger partial charge in [-0.25, -0.2) is 14.5 Å². The second-order valence-electron chi connectivity index (χ2n) is 7.15. The molecule has 0 bridgehead atoms. The van der Waals surface area contributed by atoms with Crippen LogP contribution in [0.4, 0.5) is 0 Å². The number of nitrogens with one attached hydrogen (secondary N) is 1. The summed E-state index contributed by atoms with van der Waals surface area (Å²) in [5.74, 6) is 0.707. The fraction of sp³-hybridized carbons (Fsp3) is 0.421. The van der Waals surface area contributed by atoms with Gasteiger partial charge in [0.05, 0.1) is 19.1 Å². The third-order valence-corrected chi connectivity index (χ3v) is 5.00. The molecule has 3 aromatic rings. The molecule has 3 heterocycles. The van der Waals surface area contributed by atoms with Gasteiger partial charge in [-0.15, -0.1) is 5.10 Å². The Bertz CT molecular complexity index is 1150. The van der Waals surface area contributed by atoms with Crippen molar-refractivity contribution in [3.05, 3.63) is 56.8 Å². The molecular formula is C19H22N6O4. The number of carbonyl (C=O) groups is 1. The summed E-state index contributed by atoms with van der Waals surface area (Å²) in [4.78, 5) is 41.2. The topological polar surface area (TPSA) is 117 Å². The van der Waals surface area contributed by atoms with E-state index in [-0.39, 0.29) is 42.8 Å². The Morgan fingerprint density at radius 3 is 2.79 bits per heavy atom. The molecule has 1 N–H and O–H groups in total. The fourth-order valence-electron chi connectivity index (χ4n) is 3.10. The average molecular weight is 398 g/mol. The summed E-state index contributed by atoms with van der Waals surface area (Å²) in [7, 11) is 0. The molecule has 10 heteroatoms. The molecule has 0 atom stereocenters. The third-order valence-electron chi connectivity index (χ3n) is 5.00. The summed E-state index contributed by atoms with van der Waals surface area (Å²) in [6, 6.07) is 3.66. The monoisotopic (exact) mass is 398 g/mol. The first-order chi connectivity index (χ1) is 14.0. The fourth-order valence-corrected chi connectivity index (χ4v) is 3.10. The zero-order valence-corrected chi connectivity index (χ0v) is 16.3. The number of carbonyl (C=O) groups excluding carboxylic acids is 1. The van der Waals surface area contributed by atoms with Gasteiger partial charge in [-0.3, -0.25) is 18.7 Å². The zero-order valence-electron chi connectivity index (χ0n) is 16.3. The number of furan rings is 1. The highest BCUT2D eigenvalue weighted by Crippen LogP contribution is 2.36. The summed E-state index contributed by atoms with van der Waals surface area (Å²) in [5.41, 5.74) is 0.699. The second-order valence-corrected chi connectivity index (χ2v) is 7.15. The van der Waals surface area contributed by atoms with E-state index in [2.05, 4.69) is 15.4 Å².